The van der Waals surface area contributed by atoms with E-state index < -0.39 is 7.82 Å². The van der Waals surface area contributed by atoms with Gasteiger partial charge in [0, 0.05) is 5.56 Å². The number of unbranched alkanes of at least 4 members (excludes halogenated alkanes) is 9. The zero-order chi connectivity index (χ0) is 20.6. The van der Waals surface area contributed by atoms with Crippen LogP contribution in [0, 0.1) is 0 Å². The van der Waals surface area contributed by atoms with Crippen LogP contribution in [0.3, 0.4) is 0 Å². The maximum Gasteiger partial charge on any atom is 0.262 e. The largest absolute Gasteiger partial charge is 0.756 e. The van der Waals surface area contributed by atoms with Gasteiger partial charge in [0.15, 0.2) is 0 Å². The summed E-state index contributed by atoms with van der Waals surface area (Å²) in [6, 6.07) is 10.9. The highest BCUT2D eigenvalue weighted by Crippen LogP contribution is 2.19. The number of rotatable bonds is 13. The fourth-order valence-electron chi connectivity index (χ4n) is 3.18. The van der Waals surface area contributed by atoms with E-state index in [9.17, 15) is 0 Å². The predicted octanol–water partition coefficient (Wildman–Crippen LogP) is 4.62. The van der Waals surface area contributed by atoms with Crippen molar-refractivity contribution < 1.29 is 23.7 Å². The van der Waals surface area contributed by atoms with Crippen LogP contribution in [0.4, 0.5) is 0 Å². The van der Waals surface area contributed by atoms with Crippen LogP contribution in [0.15, 0.2) is 30.3 Å². The number of phosphoric acid groups is 1. The van der Waals surface area contributed by atoms with E-state index in [1.165, 1.54) is 76.3 Å². The summed E-state index contributed by atoms with van der Waals surface area (Å²) in [6.45, 7) is 4.74. The average molecular weight is 402 g/mol. The molecule has 1 aromatic rings. The second-order valence-electron chi connectivity index (χ2n) is 7.98. The molecule has 0 heterocycles. The van der Waals surface area contributed by atoms with Gasteiger partial charge in [-0.25, -0.2) is 0 Å². The lowest BCUT2D eigenvalue weighted by atomic mass is 10.1. The van der Waals surface area contributed by atoms with Gasteiger partial charge in [0.05, 0.1) is 20.6 Å². The van der Waals surface area contributed by atoms with Crippen LogP contribution < -0.4 is 4.89 Å². The molecular formula is C21H40NO4P. The van der Waals surface area contributed by atoms with E-state index in [1.807, 2.05) is 0 Å². The van der Waals surface area contributed by atoms with Crippen molar-refractivity contribution in [2.45, 2.75) is 77.7 Å². The maximum absolute atomic E-state index is 8.77. The highest BCUT2D eigenvalue weighted by Gasteiger charge is 2.14. The predicted molar refractivity (Wildman–Crippen MR) is 111 cm³/mol. The fraction of sp³-hybridized carbons (Fsp3) is 0.714. The number of hydrogen-bond acceptors (Lipinski definition) is 2. The minimum Gasteiger partial charge on any atom is -0.756 e. The standard InChI is InChI=1S/C21H38N.H3O4P/c1-4-5-6-7-8-9-10-11-12-16-19-22(2,3)20-21-17-14-13-15-18-21;1-5(2,3)4/h13-15,17-18H,4-12,16,19-20H2,1-3H3;(H3,1,2,3,4)/q+1;/p-1. The number of nitrogens with zero attached hydrogens (tertiary/aromatic N) is 1. The third-order valence-electron chi connectivity index (χ3n) is 4.57. The zero-order valence-corrected chi connectivity index (χ0v) is 18.4. The molecule has 2 N–H and O–H groups in total. The molecule has 5 nitrogen and oxygen atoms in total. The second kappa shape index (κ2) is 15.2. The summed E-state index contributed by atoms with van der Waals surface area (Å²) in [4.78, 5) is 22.9. The lowest BCUT2D eigenvalue weighted by Gasteiger charge is -2.30. The van der Waals surface area contributed by atoms with Gasteiger partial charge >= 0.3 is 0 Å². The molecule has 0 unspecified atom stereocenters. The minimum atomic E-state index is -4.89. The van der Waals surface area contributed by atoms with Crippen molar-refractivity contribution in [3.63, 3.8) is 0 Å². The fourth-order valence-corrected chi connectivity index (χ4v) is 3.18. The molecule has 6 heteroatoms. The average Bonchev–Trinajstić information content (AvgIpc) is 2.55. The molecule has 1 aromatic carbocycles. The first kappa shape index (κ1) is 26.3. The molecular weight excluding hydrogens is 361 g/mol. The third kappa shape index (κ3) is 21.4. The van der Waals surface area contributed by atoms with Crippen molar-refractivity contribution >= 4 is 7.82 Å². The van der Waals surface area contributed by atoms with E-state index in [0.717, 1.165) is 11.0 Å². The topological polar surface area (TPSA) is 80.6 Å². The third-order valence-corrected chi connectivity index (χ3v) is 4.57. The summed E-state index contributed by atoms with van der Waals surface area (Å²) < 4.78 is 9.88. The summed E-state index contributed by atoms with van der Waals surface area (Å²) in [5.74, 6) is 0. The SMILES string of the molecule is CCCCCCCCCCCC[N+](C)(C)Cc1ccccc1.O=P([O-])(O)O. The van der Waals surface area contributed by atoms with Crippen LogP contribution in [-0.4, -0.2) is 34.9 Å². The Balaban J connectivity index is 0.00000119. The summed E-state index contributed by atoms with van der Waals surface area (Å²) >= 11 is 0. The molecule has 0 fully saturated rings. The quantitative estimate of drug-likeness (QED) is 0.287. The van der Waals surface area contributed by atoms with Crippen LogP contribution in [0.1, 0.15) is 76.7 Å². The molecule has 0 saturated heterocycles. The Morgan fingerprint density at radius 3 is 1.70 bits per heavy atom. The van der Waals surface area contributed by atoms with Crippen molar-refractivity contribution in [1.29, 1.82) is 0 Å². The molecule has 158 valence electrons. The van der Waals surface area contributed by atoms with Gasteiger partial charge < -0.3 is 19.2 Å². The number of benzene rings is 1. The molecule has 0 spiro atoms. The zero-order valence-electron chi connectivity index (χ0n) is 17.5. The van der Waals surface area contributed by atoms with E-state index in [1.54, 1.807) is 0 Å². The van der Waals surface area contributed by atoms with Crippen molar-refractivity contribution in [2.75, 3.05) is 20.6 Å². The Bertz CT molecular complexity index is 494. The Hall–Kier alpha value is -0.710. The summed E-state index contributed by atoms with van der Waals surface area (Å²) in [7, 11) is -0.165. The second-order valence-corrected chi connectivity index (χ2v) is 8.96. The molecule has 0 amide bonds. The van der Waals surface area contributed by atoms with E-state index in [4.69, 9.17) is 19.2 Å². The lowest BCUT2D eigenvalue weighted by molar-refractivity contribution is -0.903. The van der Waals surface area contributed by atoms with Gasteiger partial charge in [-0.05, 0) is 12.8 Å². The lowest BCUT2D eigenvalue weighted by Crippen LogP contribution is -2.39. The highest BCUT2D eigenvalue weighted by atomic mass is 31.2. The molecule has 0 aromatic heterocycles. The van der Waals surface area contributed by atoms with Gasteiger partial charge in [0.25, 0.3) is 7.82 Å². The molecule has 0 radical (unpaired) electrons. The smallest absolute Gasteiger partial charge is 0.262 e. The number of quaternary nitrogens is 1. The van der Waals surface area contributed by atoms with Crippen LogP contribution in [-0.2, 0) is 11.1 Å². The summed E-state index contributed by atoms with van der Waals surface area (Å²) in [6.07, 6.45) is 14.2. The van der Waals surface area contributed by atoms with E-state index in [0.29, 0.717) is 0 Å². The van der Waals surface area contributed by atoms with Gasteiger partial charge in [-0.1, -0.05) is 88.6 Å². The summed E-state index contributed by atoms with van der Waals surface area (Å²) in [5, 5.41) is 0. The first-order valence-corrected chi connectivity index (χ1v) is 11.8. The molecule has 27 heavy (non-hydrogen) atoms. The molecule has 0 bridgehead atoms. The van der Waals surface area contributed by atoms with E-state index in [2.05, 4.69) is 51.4 Å². The van der Waals surface area contributed by atoms with Gasteiger partial charge in [-0.15, -0.1) is 0 Å². The van der Waals surface area contributed by atoms with Crippen molar-refractivity contribution in [3.05, 3.63) is 35.9 Å². The van der Waals surface area contributed by atoms with E-state index >= 15 is 0 Å². The van der Waals surface area contributed by atoms with Crippen LogP contribution >= 0.6 is 7.82 Å². The molecule has 0 aliphatic carbocycles. The molecule has 0 aliphatic rings. The Labute approximate surface area is 166 Å². The first-order valence-electron chi connectivity index (χ1n) is 10.3. The van der Waals surface area contributed by atoms with Crippen LogP contribution in [0.2, 0.25) is 0 Å². The van der Waals surface area contributed by atoms with Gasteiger partial charge in [-0.2, -0.15) is 0 Å². The Kier molecular flexibility index (Phi) is 14.8. The van der Waals surface area contributed by atoms with Gasteiger partial charge in [0.1, 0.15) is 6.54 Å². The van der Waals surface area contributed by atoms with Crippen LogP contribution in [0.5, 0.6) is 0 Å². The minimum absolute atomic E-state index is 1.11. The molecule has 0 atom stereocenters. The Morgan fingerprint density at radius 2 is 1.26 bits per heavy atom. The Morgan fingerprint density at radius 1 is 0.852 bits per heavy atom. The van der Waals surface area contributed by atoms with Gasteiger partial charge in [0.2, 0.25) is 0 Å². The molecule has 0 aliphatic heterocycles. The monoisotopic (exact) mass is 401 g/mol. The van der Waals surface area contributed by atoms with Crippen molar-refractivity contribution in [3.8, 4) is 0 Å². The maximum atomic E-state index is 8.77. The number of hydrogen-bond donors (Lipinski definition) is 2. The molecule has 1 rings (SSSR count). The van der Waals surface area contributed by atoms with E-state index in [-0.39, 0.29) is 0 Å². The van der Waals surface area contributed by atoms with Gasteiger partial charge in [-0.3, -0.25) is 4.57 Å². The van der Waals surface area contributed by atoms with Crippen molar-refractivity contribution in [1.82, 2.24) is 0 Å². The normalized spacial score (nSPS) is 11.8. The first-order chi connectivity index (χ1) is 12.6. The van der Waals surface area contributed by atoms with Crippen molar-refractivity contribution in [2.24, 2.45) is 0 Å². The summed E-state index contributed by atoms with van der Waals surface area (Å²) in [5.41, 5.74) is 1.46. The molecule has 0 saturated carbocycles. The highest BCUT2D eigenvalue weighted by molar-refractivity contribution is 7.43. The van der Waals surface area contributed by atoms with Crippen LogP contribution in [0.25, 0.3) is 0 Å².